The van der Waals surface area contributed by atoms with Crippen molar-refractivity contribution in [1.29, 1.82) is 0 Å². The van der Waals surface area contributed by atoms with Crippen molar-refractivity contribution < 1.29 is 0 Å². The smallest absolute Gasteiger partial charge is 0.0464 e. The fraction of sp³-hybridized carbons (Fsp3) is 0.217. The van der Waals surface area contributed by atoms with E-state index in [2.05, 4.69) is 204 Å². The third-order valence-electron chi connectivity index (χ3n) is 9.83. The lowest BCUT2D eigenvalue weighted by atomic mass is 9.80. The van der Waals surface area contributed by atoms with Crippen LogP contribution in [0, 0.1) is 13.8 Å². The molecule has 0 fully saturated rings. The van der Waals surface area contributed by atoms with Crippen LogP contribution in [-0.4, -0.2) is 0 Å². The van der Waals surface area contributed by atoms with Crippen molar-refractivity contribution in [2.45, 2.75) is 66.2 Å². The Morgan fingerprint density at radius 1 is 0.479 bits per heavy atom. The predicted molar refractivity (Wildman–Crippen MR) is 208 cm³/mol. The van der Waals surface area contributed by atoms with Crippen LogP contribution in [0.25, 0.3) is 11.1 Å². The Bertz CT molecular complexity index is 1950. The second kappa shape index (κ2) is 14.0. The first kappa shape index (κ1) is 32.8. The summed E-state index contributed by atoms with van der Waals surface area (Å²) in [7, 11) is 0. The van der Waals surface area contributed by atoms with Crippen LogP contribution in [0.15, 0.2) is 146 Å². The van der Waals surface area contributed by atoms with Crippen LogP contribution in [0.4, 0.5) is 34.1 Å². The van der Waals surface area contributed by atoms with E-state index in [1.807, 2.05) is 0 Å². The van der Waals surface area contributed by atoms with Gasteiger partial charge in [-0.15, -0.1) is 0 Å². The standard InChI is InChI=1S/C46H48N2/c1-8-46(6,7)45-30-28-43(32-35(45)5)48(39-17-13-10-14-18-39)41-25-21-37(22-26-41)36-19-23-40(24-20-36)47(38-15-11-9-12-16-38)42-27-29-44(33(2)3)34(4)31-42/h9-33H,8H2,1-7H3. The van der Waals surface area contributed by atoms with Crippen molar-refractivity contribution in [2.24, 2.45) is 0 Å². The number of rotatable bonds is 10. The van der Waals surface area contributed by atoms with Gasteiger partial charge in [-0.3, -0.25) is 0 Å². The largest absolute Gasteiger partial charge is 0.310 e. The Kier molecular flexibility index (Phi) is 9.55. The normalized spacial score (nSPS) is 11.5. The van der Waals surface area contributed by atoms with Crippen molar-refractivity contribution in [3.05, 3.63) is 168 Å². The van der Waals surface area contributed by atoms with Crippen molar-refractivity contribution in [2.75, 3.05) is 9.80 Å². The average Bonchev–Trinajstić information content (AvgIpc) is 3.10. The summed E-state index contributed by atoms with van der Waals surface area (Å²) in [6.45, 7) is 15.9. The summed E-state index contributed by atoms with van der Waals surface area (Å²) in [5.74, 6) is 0.498. The van der Waals surface area contributed by atoms with Gasteiger partial charge in [0.25, 0.3) is 0 Å². The molecule has 0 aliphatic carbocycles. The minimum Gasteiger partial charge on any atom is -0.310 e. The number of para-hydroxylation sites is 2. The van der Waals surface area contributed by atoms with Gasteiger partial charge in [0, 0.05) is 34.1 Å². The lowest BCUT2D eigenvalue weighted by Crippen LogP contribution is -2.18. The van der Waals surface area contributed by atoms with Crippen molar-refractivity contribution in [3.63, 3.8) is 0 Å². The van der Waals surface area contributed by atoms with Gasteiger partial charge in [-0.1, -0.05) is 107 Å². The molecule has 0 saturated carbocycles. The van der Waals surface area contributed by atoms with Gasteiger partial charge in [0.05, 0.1) is 0 Å². The summed E-state index contributed by atoms with van der Waals surface area (Å²) in [5.41, 5.74) is 14.9. The van der Waals surface area contributed by atoms with E-state index in [1.54, 1.807) is 0 Å². The molecule has 0 aliphatic rings. The van der Waals surface area contributed by atoms with E-state index in [0.717, 1.165) is 29.2 Å². The molecule has 0 aromatic heterocycles. The summed E-state index contributed by atoms with van der Waals surface area (Å²) < 4.78 is 0. The van der Waals surface area contributed by atoms with Gasteiger partial charge in [-0.25, -0.2) is 0 Å². The van der Waals surface area contributed by atoms with Gasteiger partial charge in [0.2, 0.25) is 0 Å². The molecule has 0 unspecified atom stereocenters. The predicted octanol–water partition coefficient (Wildman–Crippen LogP) is 13.7. The average molecular weight is 629 g/mol. The molecule has 242 valence electrons. The van der Waals surface area contributed by atoms with Crippen molar-refractivity contribution >= 4 is 34.1 Å². The first-order valence-electron chi connectivity index (χ1n) is 17.3. The maximum Gasteiger partial charge on any atom is 0.0464 e. The van der Waals surface area contributed by atoms with Crippen LogP contribution in [0.5, 0.6) is 0 Å². The Hall–Kier alpha value is -5.08. The van der Waals surface area contributed by atoms with Gasteiger partial charge in [-0.05, 0) is 138 Å². The maximum atomic E-state index is 2.35. The third kappa shape index (κ3) is 6.80. The molecule has 6 aromatic rings. The summed E-state index contributed by atoms with van der Waals surface area (Å²) in [4.78, 5) is 4.70. The van der Waals surface area contributed by atoms with Crippen LogP contribution >= 0.6 is 0 Å². The van der Waals surface area contributed by atoms with Crippen LogP contribution in [0.3, 0.4) is 0 Å². The molecule has 2 nitrogen and oxygen atoms in total. The second-order valence-corrected chi connectivity index (χ2v) is 13.9. The highest BCUT2D eigenvalue weighted by atomic mass is 15.1. The second-order valence-electron chi connectivity index (χ2n) is 13.9. The highest BCUT2D eigenvalue weighted by Gasteiger charge is 2.22. The van der Waals surface area contributed by atoms with E-state index >= 15 is 0 Å². The molecule has 0 heterocycles. The highest BCUT2D eigenvalue weighted by molar-refractivity contribution is 5.81. The molecule has 0 atom stereocenters. The van der Waals surface area contributed by atoms with Crippen molar-refractivity contribution in [1.82, 2.24) is 0 Å². The Labute approximate surface area is 288 Å². The van der Waals surface area contributed by atoms with Crippen LogP contribution < -0.4 is 9.80 Å². The first-order chi connectivity index (χ1) is 23.2. The van der Waals surface area contributed by atoms with E-state index in [-0.39, 0.29) is 5.41 Å². The molecule has 6 aromatic carbocycles. The summed E-state index contributed by atoms with van der Waals surface area (Å²) >= 11 is 0. The molecule has 6 rings (SSSR count). The van der Waals surface area contributed by atoms with Crippen molar-refractivity contribution in [3.8, 4) is 11.1 Å². The van der Waals surface area contributed by atoms with Gasteiger partial charge in [0.1, 0.15) is 0 Å². The quantitative estimate of drug-likeness (QED) is 0.149. The molecule has 0 aliphatic heterocycles. The Morgan fingerprint density at radius 3 is 1.27 bits per heavy atom. The minimum absolute atomic E-state index is 0.146. The van der Waals surface area contributed by atoms with Gasteiger partial charge in [0.15, 0.2) is 0 Å². The van der Waals surface area contributed by atoms with E-state index in [1.165, 1.54) is 44.8 Å². The Morgan fingerprint density at radius 2 is 0.875 bits per heavy atom. The molecule has 0 spiro atoms. The number of benzene rings is 6. The maximum absolute atomic E-state index is 2.35. The fourth-order valence-corrected chi connectivity index (χ4v) is 6.84. The zero-order valence-electron chi connectivity index (χ0n) is 29.5. The van der Waals surface area contributed by atoms with E-state index in [9.17, 15) is 0 Å². The van der Waals surface area contributed by atoms with Crippen LogP contribution in [0.1, 0.15) is 69.2 Å². The summed E-state index contributed by atoms with van der Waals surface area (Å²) in [6, 6.07) is 53.0. The number of aryl methyl sites for hydroxylation is 2. The van der Waals surface area contributed by atoms with E-state index in [4.69, 9.17) is 0 Å². The molecule has 0 saturated heterocycles. The van der Waals surface area contributed by atoms with Gasteiger partial charge in [-0.2, -0.15) is 0 Å². The number of hydrogen-bond donors (Lipinski definition) is 0. The van der Waals surface area contributed by atoms with Gasteiger partial charge < -0.3 is 9.80 Å². The number of nitrogens with zero attached hydrogens (tertiary/aromatic N) is 2. The van der Waals surface area contributed by atoms with Crippen LogP contribution in [-0.2, 0) is 5.41 Å². The highest BCUT2D eigenvalue weighted by Crippen LogP contribution is 2.40. The SMILES string of the molecule is CCC(C)(C)c1ccc(N(c2ccccc2)c2ccc(-c3ccc(N(c4ccccc4)c4ccc(C(C)C)c(C)c4)cc3)cc2)cc1C. The third-order valence-corrected chi connectivity index (χ3v) is 9.83. The number of anilines is 6. The molecular formula is C46H48N2. The molecule has 2 heteroatoms. The van der Waals surface area contributed by atoms with Crippen LogP contribution in [0.2, 0.25) is 0 Å². The lowest BCUT2D eigenvalue weighted by Gasteiger charge is -2.29. The Balaban J connectivity index is 1.32. The van der Waals surface area contributed by atoms with Gasteiger partial charge >= 0.3 is 0 Å². The topological polar surface area (TPSA) is 6.48 Å². The summed E-state index contributed by atoms with van der Waals surface area (Å²) in [6.07, 6.45) is 1.10. The number of hydrogen-bond acceptors (Lipinski definition) is 2. The fourth-order valence-electron chi connectivity index (χ4n) is 6.84. The zero-order chi connectivity index (χ0) is 33.8. The molecular weight excluding hydrogens is 581 g/mol. The molecule has 48 heavy (non-hydrogen) atoms. The molecule has 0 amide bonds. The zero-order valence-corrected chi connectivity index (χ0v) is 29.5. The lowest BCUT2D eigenvalue weighted by molar-refractivity contribution is 0.503. The minimum atomic E-state index is 0.146. The molecule has 0 N–H and O–H groups in total. The van der Waals surface area contributed by atoms with E-state index < -0.39 is 0 Å². The van der Waals surface area contributed by atoms with E-state index in [0.29, 0.717) is 5.92 Å². The monoisotopic (exact) mass is 628 g/mol. The summed E-state index contributed by atoms with van der Waals surface area (Å²) in [5, 5.41) is 0. The molecule has 0 bridgehead atoms. The first-order valence-corrected chi connectivity index (χ1v) is 17.3. The molecule has 0 radical (unpaired) electrons.